The van der Waals surface area contributed by atoms with E-state index in [1.54, 1.807) is 30.3 Å². The molecule has 0 aromatic heterocycles. The second-order valence-corrected chi connectivity index (χ2v) is 10.8. The van der Waals surface area contributed by atoms with Gasteiger partial charge in [0.1, 0.15) is 17.2 Å². The zero-order chi connectivity index (χ0) is 26.1. The second kappa shape index (κ2) is 17.3. The van der Waals surface area contributed by atoms with Gasteiger partial charge in [0.25, 0.3) is 0 Å². The Morgan fingerprint density at radius 3 is 2.05 bits per heavy atom. The molecule has 2 aromatic carbocycles. The van der Waals surface area contributed by atoms with E-state index >= 15 is 0 Å². The Morgan fingerprint density at radius 2 is 1.41 bits per heavy atom. The third-order valence-corrected chi connectivity index (χ3v) is 7.46. The maximum Gasteiger partial charge on any atom is 0.343 e. The molecule has 0 radical (unpaired) electrons. The van der Waals surface area contributed by atoms with Crippen molar-refractivity contribution in [2.24, 2.45) is 5.92 Å². The Balaban J connectivity index is 1.32. The zero-order valence-electron chi connectivity index (χ0n) is 22.7. The Hall–Kier alpha value is -2.20. The lowest BCUT2D eigenvalue weighted by molar-refractivity contribution is 0.0734. The molecule has 0 bridgehead atoms. The zero-order valence-corrected chi connectivity index (χ0v) is 23.4. The van der Waals surface area contributed by atoms with Gasteiger partial charge in [-0.2, -0.15) is 0 Å². The summed E-state index contributed by atoms with van der Waals surface area (Å²) in [7, 11) is 0. The highest BCUT2D eigenvalue weighted by Gasteiger charge is 2.15. The van der Waals surface area contributed by atoms with Gasteiger partial charge in [-0.15, -0.1) is 0 Å². The van der Waals surface area contributed by atoms with Crippen molar-refractivity contribution < 1.29 is 19.0 Å². The van der Waals surface area contributed by atoms with E-state index in [-0.39, 0.29) is 0 Å². The maximum absolute atomic E-state index is 12.6. The summed E-state index contributed by atoms with van der Waals surface area (Å²) < 4.78 is 17.3. The highest BCUT2D eigenvalue weighted by atomic mass is 35.5. The number of rotatable bonds is 17. The molecule has 0 saturated heterocycles. The molecule has 1 aliphatic rings. The van der Waals surface area contributed by atoms with Crippen LogP contribution in [0.1, 0.15) is 114 Å². The largest absolute Gasteiger partial charge is 0.493 e. The Morgan fingerprint density at radius 1 is 0.784 bits per heavy atom. The van der Waals surface area contributed by atoms with Gasteiger partial charge in [-0.3, -0.25) is 0 Å². The van der Waals surface area contributed by atoms with Crippen molar-refractivity contribution in [3.05, 3.63) is 53.1 Å². The first-order chi connectivity index (χ1) is 18.2. The standard InChI is InChI=1S/C32H45ClO4/c1-2-3-4-5-6-7-8-9-10-14-23-35-31-22-17-27(24-30(31)33)32(34)37-29-20-18-28(19-21-29)36-25-26-15-12-11-13-16-26/h17-22,24,26H,2-16,23,25H2,1H3. The minimum absolute atomic E-state index is 0.397. The predicted molar refractivity (Wildman–Crippen MR) is 152 cm³/mol. The van der Waals surface area contributed by atoms with Crippen LogP contribution < -0.4 is 14.2 Å². The van der Waals surface area contributed by atoms with Gasteiger partial charge in [0.05, 0.1) is 23.8 Å². The molecule has 4 nitrogen and oxygen atoms in total. The molecule has 0 aliphatic heterocycles. The molecule has 0 atom stereocenters. The van der Waals surface area contributed by atoms with Crippen LogP contribution in [0.3, 0.4) is 0 Å². The van der Waals surface area contributed by atoms with E-state index in [4.69, 9.17) is 25.8 Å². The van der Waals surface area contributed by atoms with E-state index < -0.39 is 5.97 Å². The van der Waals surface area contributed by atoms with Gasteiger partial charge in [0.2, 0.25) is 0 Å². The van der Waals surface area contributed by atoms with Crippen LogP contribution >= 0.6 is 11.6 Å². The number of carbonyl (C=O) groups is 1. The monoisotopic (exact) mass is 528 g/mol. The summed E-state index contributed by atoms with van der Waals surface area (Å²) >= 11 is 6.38. The molecule has 1 fully saturated rings. The number of unbranched alkanes of at least 4 members (excludes halogenated alkanes) is 9. The number of halogens is 1. The Bertz CT molecular complexity index is 906. The molecule has 0 spiro atoms. The molecular formula is C32H45ClO4. The summed E-state index contributed by atoms with van der Waals surface area (Å²) in [5, 5.41) is 0.424. The van der Waals surface area contributed by atoms with Crippen molar-refractivity contribution in [3.8, 4) is 17.2 Å². The molecule has 37 heavy (non-hydrogen) atoms. The van der Waals surface area contributed by atoms with E-state index in [0.717, 1.165) is 18.8 Å². The van der Waals surface area contributed by atoms with E-state index in [9.17, 15) is 4.79 Å². The Labute approximate surface area is 229 Å². The lowest BCUT2D eigenvalue weighted by Crippen LogP contribution is -2.15. The maximum atomic E-state index is 12.6. The molecule has 1 saturated carbocycles. The van der Waals surface area contributed by atoms with Gasteiger partial charge in [-0.25, -0.2) is 4.79 Å². The fourth-order valence-electron chi connectivity index (χ4n) is 4.85. The van der Waals surface area contributed by atoms with Crippen LogP contribution in [0.15, 0.2) is 42.5 Å². The molecule has 204 valence electrons. The minimum atomic E-state index is -0.445. The van der Waals surface area contributed by atoms with Gasteiger partial charge in [0.15, 0.2) is 0 Å². The van der Waals surface area contributed by atoms with Crippen molar-refractivity contribution in [2.75, 3.05) is 13.2 Å². The number of esters is 1. The quantitative estimate of drug-likeness (QED) is 0.116. The van der Waals surface area contributed by atoms with Gasteiger partial charge in [0, 0.05) is 0 Å². The van der Waals surface area contributed by atoms with Gasteiger partial charge < -0.3 is 14.2 Å². The molecule has 0 amide bonds. The SMILES string of the molecule is CCCCCCCCCCCCOc1ccc(C(=O)Oc2ccc(OCC3CCCCC3)cc2)cc1Cl. The number of carbonyl (C=O) groups excluding carboxylic acids is 1. The van der Waals surface area contributed by atoms with E-state index in [0.29, 0.717) is 34.6 Å². The summed E-state index contributed by atoms with van der Waals surface area (Å²) in [6, 6.07) is 12.3. The molecule has 3 rings (SSSR count). The first-order valence-corrected chi connectivity index (χ1v) is 14.9. The van der Waals surface area contributed by atoms with Crippen LogP contribution in [0.2, 0.25) is 5.02 Å². The predicted octanol–water partition coefficient (Wildman–Crippen LogP) is 9.82. The molecule has 1 aliphatic carbocycles. The highest BCUT2D eigenvalue weighted by molar-refractivity contribution is 6.32. The van der Waals surface area contributed by atoms with Crippen LogP contribution in [-0.4, -0.2) is 19.2 Å². The van der Waals surface area contributed by atoms with Crippen molar-refractivity contribution in [3.63, 3.8) is 0 Å². The van der Waals surface area contributed by atoms with E-state index in [1.807, 2.05) is 12.1 Å². The lowest BCUT2D eigenvalue weighted by atomic mass is 9.90. The van der Waals surface area contributed by atoms with Gasteiger partial charge in [-0.05, 0) is 67.6 Å². The average molecular weight is 529 g/mol. The summed E-state index contributed by atoms with van der Waals surface area (Å²) in [6.45, 7) is 3.65. The van der Waals surface area contributed by atoms with Crippen LogP contribution in [0.5, 0.6) is 17.2 Å². The van der Waals surface area contributed by atoms with Crippen molar-refractivity contribution in [1.82, 2.24) is 0 Å². The fourth-order valence-corrected chi connectivity index (χ4v) is 5.09. The van der Waals surface area contributed by atoms with Crippen LogP contribution in [-0.2, 0) is 0 Å². The van der Waals surface area contributed by atoms with Crippen LogP contribution in [0.4, 0.5) is 0 Å². The van der Waals surface area contributed by atoms with Crippen LogP contribution in [0, 0.1) is 5.92 Å². The third kappa shape index (κ3) is 11.4. The van der Waals surface area contributed by atoms with Gasteiger partial charge in [-0.1, -0.05) is 95.6 Å². The van der Waals surface area contributed by atoms with Crippen molar-refractivity contribution in [1.29, 1.82) is 0 Å². The number of benzene rings is 2. The molecule has 0 unspecified atom stereocenters. The van der Waals surface area contributed by atoms with E-state index in [1.165, 1.54) is 89.9 Å². The van der Waals surface area contributed by atoms with E-state index in [2.05, 4.69) is 6.92 Å². The normalized spacial score (nSPS) is 13.9. The number of hydrogen-bond donors (Lipinski definition) is 0. The second-order valence-electron chi connectivity index (χ2n) is 10.4. The first-order valence-electron chi connectivity index (χ1n) is 14.5. The minimum Gasteiger partial charge on any atom is -0.493 e. The Kier molecular flexibility index (Phi) is 13.8. The molecule has 0 heterocycles. The third-order valence-electron chi connectivity index (χ3n) is 7.17. The number of ether oxygens (including phenoxy) is 3. The summed E-state index contributed by atoms with van der Waals surface area (Å²) in [5.74, 6) is 2.09. The summed E-state index contributed by atoms with van der Waals surface area (Å²) in [4.78, 5) is 12.6. The smallest absolute Gasteiger partial charge is 0.343 e. The fraction of sp³-hybridized carbons (Fsp3) is 0.594. The first kappa shape index (κ1) is 29.4. The van der Waals surface area contributed by atoms with Crippen LogP contribution in [0.25, 0.3) is 0 Å². The highest BCUT2D eigenvalue weighted by Crippen LogP contribution is 2.28. The summed E-state index contributed by atoms with van der Waals surface area (Å²) in [5.41, 5.74) is 0.397. The topological polar surface area (TPSA) is 44.8 Å². The lowest BCUT2D eigenvalue weighted by Gasteiger charge is -2.21. The number of hydrogen-bond acceptors (Lipinski definition) is 4. The molecule has 5 heteroatoms. The summed E-state index contributed by atoms with van der Waals surface area (Å²) in [6.07, 6.45) is 19.3. The van der Waals surface area contributed by atoms with Gasteiger partial charge >= 0.3 is 5.97 Å². The average Bonchev–Trinajstić information content (AvgIpc) is 2.92. The van der Waals surface area contributed by atoms with Crippen molar-refractivity contribution >= 4 is 17.6 Å². The van der Waals surface area contributed by atoms with Crippen molar-refractivity contribution in [2.45, 2.75) is 103 Å². The molecule has 0 N–H and O–H groups in total. The molecular weight excluding hydrogens is 484 g/mol. The molecule has 2 aromatic rings.